The van der Waals surface area contributed by atoms with Crippen LogP contribution in [0.3, 0.4) is 0 Å². The van der Waals surface area contributed by atoms with Gasteiger partial charge in [0.1, 0.15) is 0 Å². The molecule has 8 heteroatoms. The van der Waals surface area contributed by atoms with Gasteiger partial charge < -0.3 is 20.4 Å². The number of rotatable bonds is 5. The standard InChI is InChI=1S/C24H37N7.HI/c1-19-10-13-30(14-11-19)22-8-6-20(7-9-22)15-26-24(25-2)28-21-5-4-12-31(17-21)23-16-27-29(3)18-23;/h6-9,16,18-19,21H,4-5,10-15,17H2,1-3H3,(H2,25,26,28);1H. The van der Waals surface area contributed by atoms with Crippen molar-refractivity contribution < 1.29 is 0 Å². The van der Waals surface area contributed by atoms with Gasteiger partial charge >= 0.3 is 0 Å². The van der Waals surface area contributed by atoms with E-state index < -0.39 is 0 Å². The monoisotopic (exact) mass is 551 g/mol. The molecule has 0 aliphatic carbocycles. The van der Waals surface area contributed by atoms with Crippen molar-refractivity contribution in [2.75, 3.05) is 43.0 Å². The molecule has 1 atom stereocenters. The third-order valence-electron chi connectivity index (χ3n) is 6.59. The number of nitrogens with zero attached hydrogens (tertiary/aromatic N) is 5. The first kappa shape index (κ1) is 24.7. The number of aromatic nitrogens is 2. The Balaban J connectivity index is 0.00000289. The van der Waals surface area contributed by atoms with E-state index in [0.29, 0.717) is 6.04 Å². The normalized spacial score (nSPS) is 20.1. The highest BCUT2D eigenvalue weighted by Crippen LogP contribution is 2.23. The molecule has 0 spiro atoms. The van der Waals surface area contributed by atoms with Crippen LogP contribution in [0.4, 0.5) is 11.4 Å². The molecule has 1 unspecified atom stereocenters. The second-order valence-electron chi connectivity index (χ2n) is 9.06. The predicted molar refractivity (Wildman–Crippen MR) is 144 cm³/mol. The molecule has 0 amide bonds. The molecule has 4 rings (SSSR count). The van der Waals surface area contributed by atoms with Crippen LogP contribution in [-0.4, -0.2) is 55.0 Å². The van der Waals surface area contributed by atoms with Crippen molar-refractivity contribution in [1.29, 1.82) is 0 Å². The van der Waals surface area contributed by atoms with Gasteiger partial charge in [-0.05, 0) is 49.3 Å². The van der Waals surface area contributed by atoms with Gasteiger partial charge in [-0.15, -0.1) is 24.0 Å². The fourth-order valence-electron chi connectivity index (χ4n) is 4.57. The van der Waals surface area contributed by atoms with Gasteiger partial charge in [-0.3, -0.25) is 9.67 Å². The number of hydrogen-bond acceptors (Lipinski definition) is 4. The van der Waals surface area contributed by atoms with Crippen LogP contribution in [0.25, 0.3) is 0 Å². The van der Waals surface area contributed by atoms with E-state index in [9.17, 15) is 0 Å². The van der Waals surface area contributed by atoms with Crippen molar-refractivity contribution in [3.63, 3.8) is 0 Å². The van der Waals surface area contributed by atoms with Gasteiger partial charge in [0.15, 0.2) is 5.96 Å². The fraction of sp³-hybridized carbons (Fsp3) is 0.583. The van der Waals surface area contributed by atoms with E-state index in [2.05, 4.69) is 67.9 Å². The number of hydrogen-bond donors (Lipinski definition) is 2. The molecule has 0 radical (unpaired) electrons. The maximum absolute atomic E-state index is 4.45. The minimum absolute atomic E-state index is 0. The Labute approximate surface area is 209 Å². The molecule has 3 heterocycles. The summed E-state index contributed by atoms with van der Waals surface area (Å²) in [6.07, 6.45) is 8.95. The zero-order valence-electron chi connectivity index (χ0n) is 19.6. The molecule has 2 N–H and O–H groups in total. The van der Waals surface area contributed by atoms with E-state index in [-0.39, 0.29) is 24.0 Å². The smallest absolute Gasteiger partial charge is 0.191 e. The van der Waals surface area contributed by atoms with Gasteiger partial charge in [0.2, 0.25) is 0 Å². The summed E-state index contributed by atoms with van der Waals surface area (Å²) in [5.41, 5.74) is 3.81. The molecule has 176 valence electrons. The van der Waals surface area contributed by atoms with Crippen LogP contribution >= 0.6 is 24.0 Å². The molecule has 7 nitrogen and oxygen atoms in total. The topological polar surface area (TPSA) is 60.7 Å². The number of aliphatic imine (C=N–C) groups is 1. The first-order chi connectivity index (χ1) is 15.1. The third-order valence-corrected chi connectivity index (χ3v) is 6.59. The zero-order chi connectivity index (χ0) is 21.6. The largest absolute Gasteiger partial charge is 0.372 e. The van der Waals surface area contributed by atoms with Crippen molar-refractivity contribution in [2.45, 2.75) is 45.2 Å². The lowest BCUT2D eigenvalue weighted by Crippen LogP contribution is -2.51. The van der Waals surface area contributed by atoms with Gasteiger partial charge in [0.25, 0.3) is 0 Å². The number of benzene rings is 1. The Kier molecular flexibility index (Phi) is 9.07. The van der Waals surface area contributed by atoms with Crippen molar-refractivity contribution in [3.8, 4) is 0 Å². The molecular formula is C24H38IN7. The highest BCUT2D eigenvalue weighted by atomic mass is 127. The summed E-state index contributed by atoms with van der Waals surface area (Å²) in [4.78, 5) is 9.36. The fourth-order valence-corrected chi connectivity index (χ4v) is 4.57. The molecule has 2 fully saturated rings. The average molecular weight is 552 g/mol. The summed E-state index contributed by atoms with van der Waals surface area (Å²) in [6, 6.07) is 9.37. The van der Waals surface area contributed by atoms with Crippen LogP contribution in [0.2, 0.25) is 0 Å². The van der Waals surface area contributed by atoms with Gasteiger partial charge in [0, 0.05) is 64.7 Å². The van der Waals surface area contributed by atoms with Crippen LogP contribution in [0.1, 0.15) is 38.2 Å². The van der Waals surface area contributed by atoms with E-state index in [1.807, 2.05) is 25.0 Å². The number of guanidine groups is 1. The van der Waals surface area contributed by atoms with E-state index in [1.54, 1.807) is 0 Å². The first-order valence-corrected chi connectivity index (χ1v) is 11.7. The van der Waals surface area contributed by atoms with E-state index in [0.717, 1.165) is 37.9 Å². The lowest BCUT2D eigenvalue weighted by atomic mass is 9.99. The maximum atomic E-state index is 4.45. The first-order valence-electron chi connectivity index (χ1n) is 11.7. The van der Waals surface area contributed by atoms with Crippen LogP contribution in [-0.2, 0) is 13.6 Å². The molecule has 0 saturated carbocycles. The Bertz CT molecular complexity index is 855. The number of nitrogens with one attached hydrogen (secondary N) is 2. The van der Waals surface area contributed by atoms with Crippen molar-refractivity contribution in [3.05, 3.63) is 42.2 Å². The summed E-state index contributed by atoms with van der Waals surface area (Å²) in [5, 5.41) is 11.4. The van der Waals surface area contributed by atoms with E-state index in [4.69, 9.17) is 0 Å². The summed E-state index contributed by atoms with van der Waals surface area (Å²) < 4.78 is 1.87. The molecule has 32 heavy (non-hydrogen) atoms. The van der Waals surface area contributed by atoms with Gasteiger partial charge in [0.05, 0.1) is 11.9 Å². The summed E-state index contributed by atoms with van der Waals surface area (Å²) in [6.45, 7) is 7.53. The zero-order valence-corrected chi connectivity index (χ0v) is 22.0. The van der Waals surface area contributed by atoms with Crippen molar-refractivity contribution in [2.24, 2.45) is 18.0 Å². The second kappa shape index (κ2) is 11.8. The molecule has 1 aromatic heterocycles. The maximum Gasteiger partial charge on any atom is 0.191 e. The Morgan fingerprint density at radius 1 is 1.06 bits per heavy atom. The number of piperidine rings is 2. The van der Waals surface area contributed by atoms with Gasteiger partial charge in [-0.25, -0.2) is 0 Å². The van der Waals surface area contributed by atoms with Crippen LogP contribution in [0.15, 0.2) is 41.7 Å². The lowest BCUT2D eigenvalue weighted by molar-refractivity contribution is 0.438. The summed E-state index contributed by atoms with van der Waals surface area (Å²) in [5.74, 6) is 1.73. The minimum atomic E-state index is 0. The van der Waals surface area contributed by atoms with E-state index >= 15 is 0 Å². The summed E-state index contributed by atoms with van der Waals surface area (Å²) >= 11 is 0. The lowest BCUT2D eigenvalue weighted by Gasteiger charge is -2.34. The highest BCUT2D eigenvalue weighted by molar-refractivity contribution is 14.0. The molecule has 2 aromatic rings. The number of anilines is 2. The molecule has 1 aromatic carbocycles. The molecule has 0 bridgehead atoms. The third kappa shape index (κ3) is 6.52. The predicted octanol–water partition coefficient (Wildman–Crippen LogP) is 3.61. The minimum Gasteiger partial charge on any atom is -0.372 e. The van der Waals surface area contributed by atoms with Gasteiger partial charge in [-0.1, -0.05) is 19.1 Å². The van der Waals surface area contributed by atoms with Crippen LogP contribution in [0, 0.1) is 5.92 Å². The van der Waals surface area contributed by atoms with Crippen LogP contribution in [0.5, 0.6) is 0 Å². The Hall–Kier alpha value is -1.97. The number of halogens is 1. The van der Waals surface area contributed by atoms with Gasteiger partial charge in [-0.2, -0.15) is 5.10 Å². The van der Waals surface area contributed by atoms with Crippen LogP contribution < -0.4 is 20.4 Å². The molecule has 2 saturated heterocycles. The Morgan fingerprint density at radius 2 is 1.81 bits per heavy atom. The Morgan fingerprint density at radius 3 is 2.47 bits per heavy atom. The number of aryl methyl sites for hydroxylation is 1. The van der Waals surface area contributed by atoms with E-state index in [1.165, 1.54) is 49.3 Å². The average Bonchev–Trinajstić information content (AvgIpc) is 3.24. The highest BCUT2D eigenvalue weighted by Gasteiger charge is 2.22. The van der Waals surface area contributed by atoms with Crippen molar-refractivity contribution in [1.82, 2.24) is 20.4 Å². The molecular weight excluding hydrogens is 513 g/mol. The SMILES string of the molecule is CN=C(NCc1ccc(N2CCC(C)CC2)cc1)NC1CCCN(c2cnn(C)c2)C1.I. The molecule has 2 aliphatic heterocycles. The summed E-state index contributed by atoms with van der Waals surface area (Å²) in [7, 11) is 3.81. The second-order valence-corrected chi connectivity index (χ2v) is 9.06. The molecule has 2 aliphatic rings. The quantitative estimate of drug-likeness (QED) is 0.338. The van der Waals surface area contributed by atoms with Crippen molar-refractivity contribution >= 4 is 41.3 Å².